The van der Waals surface area contributed by atoms with Crippen molar-refractivity contribution in [1.82, 2.24) is 9.97 Å². The standard InChI is InChI=1S/C20H15BN2O3/c24-21(25)26-16-11-12-18-17(13-16)19(14-7-3-1-4-8-14)23-20(22-18)15-9-5-2-6-10-15/h1-13,24-25H. The van der Waals surface area contributed by atoms with Gasteiger partial charge in [-0.1, -0.05) is 60.7 Å². The average Bonchev–Trinajstić information content (AvgIpc) is 2.68. The smallest absolute Gasteiger partial charge is 0.512 e. The Bertz CT molecular complexity index is 1040. The fourth-order valence-corrected chi connectivity index (χ4v) is 2.83. The number of rotatable bonds is 4. The molecule has 0 saturated heterocycles. The molecule has 5 nitrogen and oxygen atoms in total. The predicted octanol–water partition coefficient (Wildman–Crippen LogP) is 3.31. The van der Waals surface area contributed by atoms with Gasteiger partial charge in [-0.15, -0.1) is 0 Å². The lowest BCUT2D eigenvalue weighted by Crippen LogP contribution is -2.20. The second-order valence-electron chi connectivity index (χ2n) is 5.75. The first-order valence-electron chi connectivity index (χ1n) is 8.16. The summed E-state index contributed by atoms with van der Waals surface area (Å²) in [6.07, 6.45) is 0. The summed E-state index contributed by atoms with van der Waals surface area (Å²) in [5, 5.41) is 18.9. The van der Waals surface area contributed by atoms with Crippen molar-refractivity contribution in [1.29, 1.82) is 0 Å². The highest BCUT2D eigenvalue weighted by molar-refractivity contribution is 6.33. The summed E-state index contributed by atoms with van der Waals surface area (Å²) in [6, 6.07) is 24.7. The van der Waals surface area contributed by atoms with Gasteiger partial charge in [-0.3, -0.25) is 0 Å². The van der Waals surface area contributed by atoms with Crippen molar-refractivity contribution in [3.05, 3.63) is 78.9 Å². The van der Waals surface area contributed by atoms with Gasteiger partial charge in [-0.05, 0) is 18.2 Å². The minimum absolute atomic E-state index is 0.334. The van der Waals surface area contributed by atoms with Crippen LogP contribution in [0.15, 0.2) is 78.9 Å². The molecule has 126 valence electrons. The zero-order valence-corrected chi connectivity index (χ0v) is 13.8. The van der Waals surface area contributed by atoms with Gasteiger partial charge in [0.1, 0.15) is 5.75 Å². The Morgan fingerprint density at radius 1 is 0.731 bits per heavy atom. The minimum Gasteiger partial charge on any atom is -0.512 e. The normalized spacial score (nSPS) is 10.7. The summed E-state index contributed by atoms with van der Waals surface area (Å²) in [4.78, 5) is 9.43. The molecule has 0 bridgehead atoms. The predicted molar refractivity (Wildman–Crippen MR) is 101 cm³/mol. The first-order chi connectivity index (χ1) is 12.7. The summed E-state index contributed by atoms with van der Waals surface area (Å²) in [7, 11) is -1.88. The lowest BCUT2D eigenvalue weighted by Gasteiger charge is -2.11. The van der Waals surface area contributed by atoms with Gasteiger partial charge < -0.3 is 14.7 Å². The molecule has 3 aromatic carbocycles. The van der Waals surface area contributed by atoms with Gasteiger partial charge in [0.25, 0.3) is 0 Å². The van der Waals surface area contributed by atoms with E-state index in [0.717, 1.165) is 27.7 Å². The third kappa shape index (κ3) is 3.28. The molecule has 0 atom stereocenters. The number of hydrogen-bond donors (Lipinski definition) is 2. The van der Waals surface area contributed by atoms with Crippen molar-refractivity contribution in [2.45, 2.75) is 0 Å². The monoisotopic (exact) mass is 342 g/mol. The fraction of sp³-hybridized carbons (Fsp3) is 0. The van der Waals surface area contributed by atoms with Crippen molar-refractivity contribution in [3.8, 4) is 28.4 Å². The topological polar surface area (TPSA) is 75.5 Å². The maximum absolute atomic E-state index is 9.06. The van der Waals surface area contributed by atoms with E-state index in [-0.39, 0.29) is 0 Å². The first-order valence-corrected chi connectivity index (χ1v) is 8.16. The zero-order chi connectivity index (χ0) is 17.9. The maximum atomic E-state index is 9.06. The molecule has 4 aromatic rings. The van der Waals surface area contributed by atoms with Crippen LogP contribution in [-0.4, -0.2) is 27.3 Å². The van der Waals surface area contributed by atoms with Crippen molar-refractivity contribution in [3.63, 3.8) is 0 Å². The first kappa shape index (κ1) is 16.3. The third-order valence-electron chi connectivity index (χ3n) is 3.99. The van der Waals surface area contributed by atoms with E-state index in [1.807, 2.05) is 60.7 Å². The maximum Gasteiger partial charge on any atom is 0.707 e. The molecule has 0 amide bonds. The van der Waals surface area contributed by atoms with Crippen molar-refractivity contribution < 1.29 is 14.7 Å². The van der Waals surface area contributed by atoms with E-state index in [0.29, 0.717) is 11.6 Å². The van der Waals surface area contributed by atoms with E-state index in [1.165, 1.54) is 0 Å². The van der Waals surface area contributed by atoms with E-state index >= 15 is 0 Å². The summed E-state index contributed by atoms with van der Waals surface area (Å²) >= 11 is 0. The van der Waals surface area contributed by atoms with E-state index in [2.05, 4.69) is 4.98 Å². The number of aromatic nitrogens is 2. The zero-order valence-electron chi connectivity index (χ0n) is 13.8. The number of fused-ring (bicyclic) bond motifs is 1. The van der Waals surface area contributed by atoms with Gasteiger partial charge in [0, 0.05) is 16.5 Å². The fourth-order valence-electron chi connectivity index (χ4n) is 2.83. The average molecular weight is 342 g/mol. The Morgan fingerprint density at radius 3 is 2.04 bits per heavy atom. The highest BCUT2D eigenvalue weighted by Gasteiger charge is 2.15. The Kier molecular flexibility index (Phi) is 4.35. The van der Waals surface area contributed by atoms with Crippen LogP contribution in [0.4, 0.5) is 0 Å². The van der Waals surface area contributed by atoms with Crippen LogP contribution >= 0.6 is 0 Å². The summed E-state index contributed by atoms with van der Waals surface area (Å²) in [6.45, 7) is 0. The molecule has 0 aliphatic rings. The Hall–Kier alpha value is -3.22. The van der Waals surface area contributed by atoms with Crippen LogP contribution in [0.3, 0.4) is 0 Å². The van der Waals surface area contributed by atoms with Crippen LogP contribution in [0.1, 0.15) is 0 Å². The second kappa shape index (κ2) is 6.96. The largest absolute Gasteiger partial charge is 0.707 e. The van der Waals surface area contributed by atoms with E-state index in [4.69, 9.17) is 19.7 Å². The summed E-state index contributed by atoms with van der Waals surface area (Å²) in [5.74, 6) is 0.966. The van der Waals surface area contributed by atoms with Gasteiger partial charge in [-0.2, -0.15) is 0 Å². The Labute approximate surface area is 150 Å². The number of nitrogens with zero attached hydrogens (tertiary/aromatic N) is 2. The van der Waals surface area contributed by atoms with Gasteiger partial charge >= 0.3 is 7.32 Å². The third-order valence-corrected chi connectivity index (χ3v) is 3.99. The van der Waals surface area contributed by atoms with Crippen LogP contribution in [0.2, 0.25) is 0 Å². The molecule has 0 radical (unpaired) electrons. The molecule has 0 aliphatic heterocycles. The second-order valence-corrected chi connectivity index (χ2v) is 5.75. The minimum atomic E-state index is -1.88. The van der Waals surface area contributed by atoms with Crippen molar-refractivity contribution in [2.24, 2.45) is 0 Å². The summed E-state index contributed by atoms with van der Waals surface area (Å²) in [5.41, 5.74) is 3.38. The van der Waals surface area contributed by atoms with Crippen LogP contribution < -0.4 is 4.65 Å². The molecule has 4 rings (SSSR count). The molecular formula is C20H15BN2O3. The van der Waals surface area contributed by atoms with E-state index in [1.54, 1.807) is 18.2 Å². The van der Waals surface area contributed by atoms with Crippen molar-refractivity contribution in [2.75, 3.05) is 0 Å². The molecule has 0 aliphatic carbocycles. The van der Waals surface area contributed by atoms with Gasteiger partial charge in [0.15, 0.2) is 5.82 Å². The van der Waals surface area contributed by atoms with Gasteiger partial charge in [-0.25, -0.2) is 9.97 Å². The molecule has 6 heteroatoms. The van der Waals surface area contributed by atoms with Gasteiger partial charge in [0.2, 0.25) is 0 Å². The van der Waals surface area contributed by atoms with Crippen molar-refractivity contribution >= 4 is 18.2 Å². The van der Waals surface area contributed by atoms with Crippen LogP contribution in [-0.2, 0) is 0 Å². The molecular weight excluding hydrogens is 327 g/mol. The van der Waals surface area contributed by atoms with Crippen LogP contribution in [0.25, 0.3) is 33.5 Å². The molecule has 1 heterocycles. The highest BCUT2D eigenvalue weighted by Crippen LogP contribution is 2.31. The molecule has 0 saturated carbocycles. The molecule has 0 spiro atoms. The molecule has 26 heavy (non-hydrogen) atoms. The molecule has 0 fully saturated rings. The van der Waals surface area contributed by atoms with Gasteiger partial charge in [0.05, 0.1) is 11.2 Å². The SMILES string of the molecule is OB(O)Oc1ccc2nc(-c3ccccc3)nc(-c3ccccc3)c2c1. The molecule has 2 N–H and O–H groups in total. The van der Waals surface area contributed by atoms with E-state index < -0.39 is 7.32 Å². The highest BCUT2D eigenvalue weighted by atomic mass is 16.6. The van der Waals surface area contributed by atoms with E-state index in [9.17, 15) is 0 Å². The Balaban J connectivity index is 1.95. The quantitative estimate of drug-likeness (QED) is 0.557. The lowest BCUT2D eigenvalue weighted by atomic mass is 10.1. The Morgan fingerprint density at radius 2 is 1.38 bits per heavy atom. The lowest BCUT2D eigenvalue weighted by molar-refractivity contribution is 0.288. The molecule has 0 unspecified atom stereocenters. The van der Waals surface area contributed by atoms with Crippen LogP contribution in [0, 0.1) is 0 Å². The van der Waals surface area contributed by atoms with Crippen LogP contribution in [0.5, 0.6) is 5.75 Å². The summed E-state index contributed by atoms with van der Waals surface area (Å²) < 4.78 is 4.98. The number of hydrogen-bond acceptors (Lipinski definition) is 5. The molecule has 1 aromatic heterocycles. The number of benzene rings is 3.